The number of nitrogens with zero attached hydrogens (tertiary/aromatic N) is 1. The molecule has 1 aliphatic rings. The summed E-state index contributed by atoms with van der Waals surface area (Å²) < 4.78 is 10.6. The average Bonchev–Trinajstić information content (AvgIpc) is 2.41. The minimum atomic E-state index is -2.45. The standard InChI is InChI=1S/C18H28N2O6/c1-11-8-12(10-19)18(20(23)24,15(22)26-17(5,6)7)13(9-11)14(21)25-16(2,3)4/h8-9,12H,10,19H2,1-7H3. The molecule has 2 atom stereocenters. The van der Waals surface area contributed by atoms with E-state index in [-0.39, 0.29) is 12.1 Å². The molecule has 0 aliphatic heterocycles. The number of carbonyl (C=O) groups excluding carboxylic acids is 2. The molecule has 0 aromatic carbocycles. The molecule has 0 aromatic rings. The Labute approximate surface area is 153 Å². The molecule has 0 aromatic heterocycles. The summed E-state index contributed by atoms with van der Waals surface area (Å²) in [5, 5.41) is 12.1. The number of carbonyl (C=O) groups is 2. The van der Waals surface area contributed by atoms with Gasteiger partial charge in [-0.3, -0.25) is 10.1 Å². The van der Waals surface area contributed by atoms with Gasteiger partial charge in [-0.2, -0.15) is 0 Å². The molecule has 8 heteroatoms. The first-order chi connectivity index (χ1) is 11.6. The van der Waals surface area contributed by atoms with Crippen LogP contribution >= 0.6 is 0 Å². The highest BCUT2D eigenvalue weighted by atomic mass is 16.6. The summed E-state index contributed by atoms with van der Waals surface area (Å²) in [6.07, 6.45) is 2.81. The smallest absolute Gasteiger partial charge is 0.391 e. The van der Waals surface area contributed by atoms with Gasteiger partial charge >= 0.3 is 17.5 Å². The van der Waals surface area contributed by atoms with Crippen LogP contribution in [0, 0.1) is 16.0 Å². The molecule has 2 unspecified atom stereocenters. The molecule has 0 bridgehead atoms. The summed E-state index contributed by atoms with van der Waals surface area (Å²) >= 11 is 0. The van der Waals surface area contributed by atoms with Gasteiger partial charge in [0.2, 0.25) is 0 Å². The van der Waals surface area contributed by atoms with Crippen molar-refractivity contribution >= 4 is 11.9 Å². The molecule has 0 heterocycles. The van der Waals surface area contributed by atoms with Gasteiger partial charge in [-0.25, -0.2) is 9.59 Å². The second-order valence-electron chi connectivity index (χ2n) is 8.34. The number of nitro groups is 1. The third-order valence-electron chi connectivity index (χ3n) is 3.65. The van der Waals surface area contributed by atoms with E-state index in [4.69, 9.17) is 15.2 Å². The average molecular weight is 368 g/mol. The number of ether oxygens (including phenoxy) is 2. The van der Waals surface area contributed by atoms with Crippen molar-refractivity contribution in [2.45, 2.75) is 65.2 Å². The van der Waals surface area contributed by atoms with Crippen LogP contribution in [0.3, 0.4) is 0 Å². The van der Waals surface area contributed by atoms with Crippen LogP contribution < -0.4 is 5.73 Å². The highest BCUT2D eigenvalue weighted by molar-refractivity contribution is 6.01. The second-order valence-corrected chi connectivity index (χ2v) is 8.34. The summed E-state index contributed by atoms with van der Waals surface area (Å²) in [5.74, 6) is -3.11. The van der Waals surface area contributed by atoms with Crippen molar-refractivity contribution in [1.82, 2.24) is 0 Å². The summed E-state index contributed by atoms with van der Waals surface area (Å²) in [4.78, 5) is 37.0. The number of hydrogen-bond donors (Lipinski definition) is 1. The van der Waals surface area contributed by atoms with Crippen molar-refractivity contribution in [2.24, 2.45) is 11.7 Å². The normalized spacial score (nSPS) is 23.6. The fraction of sp³-hybridized carbons (Fsp3) is 0.667. The van der Waals surface area contributed by atoms with Gasteiger partial charge in [-0.15, -0.1) is 0 Å². The predicted molar refractivity (Wildman–Crippen MR) is 95.8 cm³/mol. The third-order valence-corrected chi connectivity index (χ3v) is 3.65. The molecule has 26 heavy (non-hydrogen) atoms. The molecule has 0 saturated heterocycles. The van der Waals surface area contributed by atoms with Crippen LogP contribution in [0.15, 0.2) is 23.3 Å². The van der Waals surface area contributed by atoms with E-state index in [0.717, 1.165) is 0 Å². The molecular weight excluding hydrogens is 340 g/mol. The first-order valence-electron chi connectivity index (χ1n) is 8.37. The maximum Gasteiger partial charge on any atom is 0.391 e. The Bertz CT molecular complexity index is 666. The Morgan fingerprint density at radius 1 is 1.19 bits per heavy atom. The van der Waals surface area contributed by atoms with E-state index in [0.29, 0.717) is 5.57 Å². The molecule has 2 N–H and O–H groups in total. The number of allylic oxidation sites excluding steroid dienone is 2. The lowest BCUT2D eigenvalue weighted by Gasteiger charge is -2.35. The van der Waals surface area contributed by atoms with Gasteiger partial charge in [0.1, 0.15) is 16.8 Å². The van der Waals surface area contributed by atoms with E-state index in [1.54, 1.807) is 48.5 Å². The van der Waals surface area contributed by atoms with Gasteiger partial charge < -0.3 is 15.2 Å². The minimum Gasteiger partial charge on any atom is -0.456 e. The zero-order chi connectivity index (χ0) is 20.5. The van der Waals surface area contributed by atoms with Crippen molar-refractivity contribution in [3.05, 3.63) is 33.4 Å². The van der Waals surface area contributed by atoms with E-state index >= 15 is 0 Å². The van der Waals surface area contributed by atoms with Crippen molar-refractivity contribution in [1.29, 1.82) is 0 Å². The molecule has 8 nitrogen and oxygen atoms in total. The van der Waals surface area contributed by atoms with Crippen molar-refractivity contribution < 1.29 is 24.0 Å². The summed E-state index contributed by atoms with van der Waals surface area (Å²) in [6, 6.07) is 0. The lowest BCUT2D eigenvalue weighted by Crippen LogP contribution is -2.60. The fourth-order valence-corrected chi connectivity index (χ4v) is 2.74. The monoisotopic (exact) mass is 368 g/mol. The quantitative estimate of drug-likeness (QED) is 0.458. The molecule has 1 rings (SSSR count). The van der Waals surface area contributed by atoms with Crippen LogP contribution in [0.4, 0.5) is 0 Å². The summed E-state index contributed by atoms with van der Waals surface area (Å²) in [6.45, 7) is 11.2. The number of hydrogen-bond acceptors (Lipinski definition) is 7. The van der Waals surface area contributed by atoms with E-state index < -0.39 is 39.5 Å². The Hall–Kier alpha value is -2.22. The first kappa shape index (κ1) is 21.8. The molecule has 0 amide bonds. The lowest BCUT2D eigenvalue weighted by molar-refractivity contribution is -0.551. The van der Waals surface area contributed by atoms with Gasteiger partial charge in [0.15, 0.2) is 0 Å². The SMILES string of the molecule is CC1=CC(CN)C(C(=O)OC(C)(C)C)([N+](=O)[O-])C(C(=O)OC(C)(C)C)=C1. The zero-order valence-electron chi connectivity index (χ0n) is 16.4. The topological polar surface area (TPSA) is 122 Å². The highest BCUT2D eigenvalue weighted by Gasteiger charge is 2.65. The maximum absolute atomic E-state index is 12.9. The summed E-state index contributed by atoms with van der Waals surface area (Å²) in [7, 11) is 0. The molecular formula is C18H28N2O6. The van der Waals surface area contributed by atoms with Gasteiger partial charge in [-0.1, -0.05) is 11.6 Å². The number of nitrogens with two attached hydrogens (primary N) is 1. The van der Waals surface area contributed by atoms with Gasteiger partial charge in [0.05, 0.1) is 5.92 Å². The third kappa shape index (κ3) is 4.49. The molecule has 146 valence electrons. The Morgan fingerprint density at radius 2 is 1.69 bits per heavy atom. The highest BCUT2D eigenvalue weighted by Crippen LogP contribution is 2.39. The van der Waals surface area contributed by atoms with E-state index in [2.05, 4.69) is 0 Å². The van der Waals surface area contributed by atoms with Crippen LogP contribution in [-0.2, 0) is 19.1 Å². The summed E-state index contributed by atoms with van der Waals surface area (Å²) in [5.41, 5.74) is 1.63. The fourth-order valence-electron chi connectivity index (χ4n) is 2.74. The molecule has 1 aliphatic carbocycles. The van der Waals surface area contributed by atoms with E-state index in [1.807, 2.05) is 0 Å². The van der Waals surface area contributed by atoms with Gasteiger partial charge in [0.25, 0.3) is 0 Å². The van der Waals surface area contributed by atoms with Crippen LogP contribution in [0.25, 0.3) is 0 Å². The van der Waals surface area contributed by atoms with Crippen molar-refractivity contribution in [3.63, 3.8) is 0 Å². The van der Waals surface area contributed by atoms with Gasteiger partial charge in [0, 0.05) is 11.5 Å². The molecule has 0 saturated carbocycles. The van der Waals surface area contributed by atoms with Crippen LogP contribution in [-0.4, -0.2) is 40.1 Å². The van der Waals surface area contributed by atoms with Crippen molar-refractivity contribution in [3.8, 4) is 0 Å². The predicted octanol–water partition coefficient (Wildman–Crippen LogP) is 2.15. The van der Waals surface area contributed by atoms with E-state index in [1.165, 1.54) is 12.2 Å². The van der Waals surface area contributed by atoms with Gasteiger partial charge in [-0.05, 0) is 54.5 Å². The Kier molecular flexibility index (Phi) is 6.03. The van der Waals surface area contributed by atoms with Crippen LogP contribution in [0.2, 0.25) is 0 Å². The first-order valence-corrected chi connectivity index (χ1v) is 8.37. The molecule has 0 fully saturated rings. The minimum absolute atomic E-state index is 0.211. The number of esters is 2. The second kappa shape index (κ2) is 7.19. The van der Waals surface area contributed by atoms with Crippen molar-refractivity contribution in [2.75, 3.05) is 6.54 Å². The van der Waals surface area contributed by atoms with E-state index in [9.17, 15) is 19.7 Å². The van der Waals surface area contributed by atoms with Crippen LogP contribution in [0.5, 0.6) is 0 Å². The Balaban J connectivity index is 3.62. The Morgan fingerprint density at radius 3 is 2.08 bits per heavy atom. The van der Waals surface area contributed by atoms with Crippen LogP contribution in [0.1, 0.15) is 48.5 Å². The largest absolute Gasteiger partial charge is 0.456 e. The zero-order valence-corrected chi connectivity index (χ0v) is 16.4. The lowest BCUT2D eigenvalue weighted by atomic mass is 9.73. The number of rotatable bonds is 4. The molecule has 0 spiro atoms. The molecule has 0 radical (unpaired) electrons. The maximum atomic E-state index is 12.9.